The molecule has 0 bridgehead atoms. The molecule has 1 aromatic rings. The molecule has 1 saturated heterocycles. The molecule has 0 spiro atoms. The van der Waals surface area contributed by atoms with E-state index in [1.807, 2.05) is 6.92 Å². The van der Waals surface area contributed by atoms with Gasteiger partial charge in [0.25, 0.3) is 0 Å². The van der Waals surface area contributed by atoms with Gasteiger partial charge in [0.05, 0.1) is 11.6 Å². The summed E-state index contributed by atoms with van der Waals surface area (Å²) in [6, 6.07) is 3.81. The van der Waals surface area contributed by atoms with Gasteiger partial charge in [-0.25, -0.2) is 4.39 Å². The molecule has 4 nitrogen and oxygen atoms in total. The zero-order chi connectivity index (χ0) is 15.6. The van der Waals surface area contributed by atoms with Crippen molar-refractivity contribution in [3.63, 3.8) is 0 Å². The molecule has 0 radical (unpaired) electrons. The summed E-state index contributed by atoms with van der Waals surface area (Å²) >= 11 is 5.74. The lowest BCUT2D eigenvalue weighted by Crippen LogP contribution is -2.58. The van der Waals surface area contributed by atoms with E-state index in [-0.39, 0.29) is 29.9 Å². The molecule has 1 aromatic carbocycles. The minimum absolute atomic E-state index is 0.0172. The number of piperazine rings is 1. The van der Waals surface area contributed by atoms with Crippen LogP contribution in [0.15, 0.2) is 18.2 Å². The summed E-state index contributed by atoms with van der Waals surface area (Å²) in [7, 11) is 0. The second-order valence-electron chi connectivity index (χ2n) is 5.21. The highest BCUT2D eigenvalue weighted by Gasteiger charge is 2.35. The van der Waals surface area contributed by atoms with Gasteiger partial charge in [-0.2, -0.15) is 0 Å². The van der Waals surface area contributed by atoms with Crippen molar-refractivity contribution in [1.82, 2.24) is 9.80 Å². The Hall–Kier alpha value is -1.62. The lowest BCUT2D eigenvalue weighted by atomic mass is 10.1. The normalized spacial score (nSPS) is 19.3. The van der Waals surface area contributed by atoms with Gasteiger partial charge in [-0.1, -0.05) is 24.6 Å². The molecule has 0 aromatic heterocycles. The van der Waals surface area contributed by atoms with Crippen molar-refractivity contribution in [2.45, 2.75) is 32.9 Å². The van der Waals surface area contributed by atoms with Gasteiger partial charge in [0.2, 0.25) is 11.8 Å². The Kier molecular flexibility index (Phi) is 4.83. The first-order chi connectivity index (χ1) is 9.93. The average molecular weight is 313 g/mol. The van der Waals surface area contributed by atoms with Crippen LogP contribution in [0, 0.1) is 5.82 Å². The van der Waals surface area contributed by atoms with E-state index in [9.17, 15) is 14.0 Å². The standard InChI is InChI=1S/C15H18ClFN2O2/c1-3-6-18-9-14(20)19(10(2)15(18)21)8-11-4-5-13(17)12(16)7-11/h4-5,7,10H,3,6,8-9H2,1-2H3/t10-/m1/s1. The van der Waals surface area contributed by atoms with Crippen LogP contribution in [0.4, 0.5) is 4.39 Å². The van der Waals surface area contributed by atoms with E-state index in [0.29, 0.717) is 12.1 Å². The number of carbonyl (C=O) groups is 2. The molecule has 0 N–H and O–H groups in total. The molecule has 2 rings (SSSR count). The van der Waals surface area contributed by atoms with Crippen LogP contribution in [0.2, 0.25) is 5.02 Å². The Morgan fingerprint density at radius 3 is 2.71 bits per heavy atom. The van der Waals surface area contributed by atoms with Crippen molar-refractivity contribution in [1.29, 1.82) is 0 Å². The highest BCUT2D eigenvalue weighted by atomic mass is 35.5. The lowest BCUT2D eigenvalue weighted by Gasteiger charge is -2.38. The molecule has 0 unspecified atom stereocenters. The second-order valence-corrected chi connectivity index (χ2v) is 5.61. The Morgan fingerprint density at radius 1 is 1.38 bits per heavy atom. The fourth-order valence-corrected chi connectivity index (χ4v) is 2.67. The number of rotatable bonds is 4. The molecule has 0 aliphatic carbocycles. The van der Waals surface area contributed by atoms with E-state index >= 15 is 0 Å². The third-order valence-corrected chi connectivity index (χ3v) is 3.90. The van der Waals surface area contributed by atoms with Gasteiger partial charge >= 0.3 is 0 Å². The maximum atomic E-state index is 13.2. The topological polar surface area (TPSA) is 40.6 Å². The minimum atomic E-state index is -0.512. The van der Waals surface area contributed by atoms with Crippen LogP contribution in [-0.4, -0.2) is 40.7 Å². The van der Waals surface area contributed by atoms with Crippen LogP contribution in [0.25, 0.3) is 0 Å². The van der Waals surface area contributed by atoms with Crippen LogP contribution in [-0.2, 0) is 16.1 Å². The Labute approximate surface area is 128 Å². The maximum absolute atomic E-state index is 13.2. The van der Waals surface area contributed by atoms with Gasteiger partial charge in [0, 0.05) is 13.1 Å². The van der Waals surface area contributed by atoms with E-state index < -0.39 is 11.9 Å². The van der Waals surface area contributed by atoms with Crippen molar-refractivity contribution in [2.24, 2.45) is 0 Å². The van der Waals surface area contributed by atoms with Crippen molar-refractivity contribution in [3.8, 4) is 0 Å². The lowest BCUT2D eigenvalue weighted by molar-refractivity contribution is -0.155. The molecule has 0 saturated carbocycles. The first-order valence-corrected chi connectivity index (χ1v) is 7.34. The van der Waals surface area contributed by atoms with Crippen molar-refractivity contribution in [2.75, 3.05) is 13.1 Å². The van der Waals surface area contributed by atoms with E-state index in [1.165, 1.54) is 17.0 Å². The monoisotopic (exact) mass is 312 g/mol. The number of hydrogen-bond acceptors (Lipinski definition) is 2. The zero-order valence-corrected chi connectivity index (χ0v) is 12.9. The van der Waals surface area contributed by atoms with Crippen LogP contribution in [0.5, 0.6) is 0 Å². The Bertz CT molecular complexity index is 565. The third kappa shape index (κ3) is 3.35. The van der Waals surface area contributed by atoms with Gasteiger partial charge in [-0.3, -0.25) is 9.59 Å². The number of amides is 2. The molecule has 1 aliphatic heterocycles. The second kappa shape index (κ2) is 6.43. The van der Waals surface area contributed by atoms with Gasteiger partial charge in [-0.05, 0) is 31.0 Å². The quantitative estimate of drug-likeness (QED) is 0.857. The molecule has 1 heterocycles. The first-order valence-electron chi connectivity index (χ1n) is 6.96. The fraction of sp³-hybridized carbons (Fsp3) is 0.467. The highest BCUT2D eigenvalue weighted by Crippen LogP contribution is 2.20. The summed E-state index contributed by atoms with van der Waals surface area (Å²) < 4.78 is 13.2. The summed E-state index contributed by atoms with van der Waals surface area (Å²) in [5, 5.41) is 0.0172. The summed E-state index contributed by atoms with van der Waals surface area (Å²) in [5.74, 6) is -0.649. The number of benzene rings is 1. The number of carbonyl (C=O) groups excluding carboxylic acids is 2. The molecule has 2 amide bonds. The van der Waals surface area contributed by atoms with Crippen LogP contribution < -0.4 is 0 Å². The van der Waals surface area contributed by atoms with Gasteiger partial charge < -0.3 is 9.80 Å². The molecule has 1 atom stereocenters. The Morgan fingerprint density at radius 2 is 2.10 bits per heavy atom. The summed E-state index contributed by atoms with van der Waals surface area (Å²) in [6.45, 7) is 4.63. The smallest absolute Gasteiger partial charge is 0.245 e. The van der Waals surface area contributed by atoms with Crippen LogP contribution in [0.3, 0.4) is 0 Å². The summed E-state index contributed by atoms with van der Waals surface area (Å²) in [6.07, 6.45) is 0.819. The number of halogens is 2. The third-order valence-electron chi connectivity index (χ3n) is 3.61. The zero-order valence-electron chi connectivity index (χ0n) is 12.1. The van der Waals surface area contributed by atoms with Crippen molar-refractivity contribution < 1.29 is 14.0 Å². The van der Waals surface area contributed by atoms with E-state index in [4.69, 9.17) is 11.6 Å². The van der Waals surface area contributed by atoms with Gasteiger partial charge in [-0.15, -0.1) is 0 Å². The predicted molar refractivity (Wildman–Crippen MR) is 78.3 cm³/mol. The molecule has 1 fully saturated rings. The van der Waals surface area contributed by atoms with E-state index in [0.717, 1.165) is 6.42 Å². The highest BCUT2D eigenvalue weighted by molar-refractivity contribution is 6.30. The largest absolute Gasteiger partial charge is 0.332 e. The van der Waals surface area contributed by atoms with Gasteiger partial charge in [0.1, 0.15) is 11.9 Å². The summed E-state index contributed by atoms with van der Waals surface area (Å²) in [5.41, 5.74) is 0.707. The van der Waals surface area contributed by atoms with Crippen molar-refractivity contribution in [3.05, 3.63) is 34.6 Å². The maximum Gasteiger partial charge on any atom is 0.245 e. The number of hydrogen-bond donors (Lipinski definition) is 0. The van der Waals surface area contributed by atoms with Crippen LogP contribution >= 0.6 is 11.6 Å². The van der Waals surface area contributed by atoms with Crippen molar-refractivity contribution >= 4 is 23.4 Å². The minimum Gasteiger partial charge on any atom is -0.332 e. The van der Waals surface area contributed by atoms with Gasteiger partial charge in [0.15, 0.2) is 0 Å². The van der Waals surface area contributed by atoms with E-state index in [1.54, 1.807) is 17.9 Å². The molecule has 1 aliphatic rings. The molecule has 21 heavy (non-hydrogen) atoms. The Balaban J connectivity index is 2.14. The molecule has 114 valence electrons. The SMILES string of the molecule is CCCN1CC(=O)N(Cc2ccc(F)c(Cl)c2)[C@H](C)C1=O. The average Bonchev–Trinajstić information content (AvgIpc) is 2.45. The fourth-order valence-electron chi connectivity index (χ4n) is 2.46. The first kappa shape index (κ1) is 15.8. The van der Waals surface area contributed by atoms with E-state index in [2.05, 4.69) is 0 Å². The molecule has 6 heteroatoms. The molecular formula is C15H18ClFN2O2. The molecular weight excluding hydrogens is 295 g/mol. The summed E-state index contributed by atoms with van der Waals surface area (Å²) in [4.78, 5) is 27.5. The predicted octanol–water partition coefficient (Wildman–Crippen LogP) is 2.45. The van der Waals surface area contributed by atoms with Crippen LogP contribution in [0.1, 0.15) is 25.8 Å². The number of nitrogens with zero attached hydrogens (tertiary/aromatic N) is 2.